The van der Waals surface area contributed by atoms with Crippen molar-refractivity contribution in [3.05, 3.63) is 34.3 Å². The highest BCUT2D eigenvalue weighted by atomic mass is 79.9. The molecule has 3 rings (SSSR count). The number of nitrogens with one attached hydrogen (secondary N) is 1. The first-order valence-corrected chi connectivity index (χ1v) is 9.86. The second kappa shape index (κ2) is 8.32. The van der Waals surface area contributed by atoms with E-state index in [-0.39, 0.29) is 17.7 Å². The molecule has 0 radical (unpaired) electrons. The number of rotatable bonds is 3. The maximum Gasteiger partial charge on any atom is 0.253 e. The Morgan fingerprint density at radius 1 is 1.00 bits per heavy atom. The second-order valence-electron chi connectivity index (χ2n) is 7.16. The molecule has 0 saturated carbocycles. The zero-order chi connectivity index (χ0) is 17.8. The van der Waals surface area contributed by atoms with Crippen LogP contribution in [0.5, 0.6) is 0 Å². The molecule has 0 bridgehead atoms. The minimum atomic E-state index is 0.0358. The van der Waals surface area contributed by atoms with Gasteiger partial charge in [-0.05, 0) is 70.1 Å². The zero-order valence-electron chi connectivity index (χ0n) is 14.7. The first-order chi connectivity index (χ1) is 12.0. The minimum absolute atomic E-state index is 0.0358. The fourth-order valence-corrected chi connectivity index (χ4v) is 3.86. The molecule has 0 spiro atoms. The van der Waals surface area contributed by atoms with Crippen molar-refractivity contribution in [1.82, 2.24) is 15.1 Å². The van der Waals surface area contributed by atoms with Crippen LogP contribution in [0.2, 0.25) is 0 Å². The third-order valence-corrected chi connectivity index (χ3v) is 5.84. The molecule has 0 unspecified atom stereocenters. The van der Waals surface area contributed by atoms with Crippen molar-refractivity contribution in [2.75, 3.05) is 33.2 Å². The van der Waals surface area contributed by atoms with Gasteiger partial charge in [-0.25, -0.2) is 0 Å². The van der Waals surface area contributed by atoms with Gasteiger partial charge in [0.05, 0.1) is 0 Å². The lowest BCUT2D eigenvalue weighted by Gasteiger charge is -2.34. The molecular weight excluding hydrogens is 382 g/mol. The molecule has 5 nitrogen and oxygen atoms in total. The number of piperidine rings is 2. The number of hydrogen-bond acceptors (Lipinski definition) is 3. The lowest BCUT2D eigenvalue weighted by Crippen LogP contribution is -2.48. The van der Waals surface area contributed by atoms with E-state index in [2.05, 4.69) is 33.2 Å². The normalized spacial score (nSPS) is 20.5. The van der Waals surface area contributed by atoms with Gasteiger partial charge in [-0.15, -0.1) is 0 Å². The van der Waals surface area contributed by atoms with E-state index in [1.165, 1.54) is 0 Å². The topological polar surface area (TPSA) is 52.7 Å². The van der Waals surface area contributed by atoms with Crippen LogP contribution in [0.25, 0.3) is 0 Å². The van der Waals surface area contributed by atoms with Gasteiger partial charge in [0, 0.05) is 35.1 Å². The van der Waals surface area contributed by atoms with Crippen molar-refractivity contribution in [1.29, 1.82) is 0 Å². The van der Waals surface area contributed by atoms with Crippen molar-refractivity contribution in [2.45, 2.75) is 31.7 Å². The molecule has 0 aliphatic carbocycles. The summed E-state index contributed by atoms with van der Waals surface area (Å²) < 4.78 is 0.966. The van der Waals surface area contributed by atoms with Crippen LogP contribution in [-0.4, -0.2) is 60.9 Å². The molecule has 2 fully saturated rings. The van der Waals surface area contributed by atoms with Crippen LogP contribution in [0.1, 0.15) is 36.0 Å². The molecule has 2 aliphatic heterocycles. The van der Waals surface area contributed by atoms with Crippen LogP contribution < -0.4 is 5.32 Å². The summed E-state index contributed by atoms with van der Waals surface area (Å²) in [5.41, 5.74) is 0.706. The van der Waals surface area contributed by atoms with Crippen molar-refractivity contribution < 1.29 is 9.59 Å². The molecule has 1 aromatic carbocycles. The number of carbonyl (C=O) groups excluding carboxylic acids is 2. The number of hydrogen-bond donors (Lipinski definition) is 1. The van der Waals surface area contributed by atoms with E-state index in [1.807, 2.05) is 29.2 Å². The molecule has 2 saturated heterocycles. The average molecular weight is 408 g/mol. The van der Waals surface area contributed by atoms with E-state index in [0.717, 1.165) is 43.2 Å². The number of nitrogens with zero attached hydrogens (tertiary/aromatic N) is 2. The molecule has 1 aromatic rings. The Labute approximate surface area is 157 Å². The number of halogens is 1. The summed E-state index contributed by atoms with van der Waals surface area (Å²) in [5, 5.41) is 3.22. The van der Waals surface area contributed by atoms with Crippen LogP contribution in [0, 0.1) is 5.92 Å². The third kappa shape index (κ3) is 4.82. The van der Waals surface area contributed by atoms with Crippen LogP contribution in [0.3, 0.4) is 0 Å². The molecule has 136 valence electrons. The molecule has 1 N–H and O–H groups in total. The molecule has 2 heterocycles. The minimum Gasteiger partial charge on any atom is -0.353 e. The summed E-state index contributed by atoms with van der Waals surface area (Å²) in [6, 6.07) is 7.76. The maximum atomic E-state index is 12.5. The first-order valence-electron chi connectivity index (χ1n) is 9.06. The van der Waals surface area contributed by atoms with Crippen molar-refractivity contribution in [3.8, 4) is 0 Å². The van der Waals surface area contributed by atoms with E-state index in [0.29, 0.717) is 24.7 Å². The maximum absolute atomic E-state index is 12.5. The highest BCUT2D eigenvalue weighted by Gasteiger charge is 2.29. The predicted octanol–water partition coefficient (Wildman–Crippen LogP) is 2.51. The number of benzene rings is 1. The Morgan fingerprint density at radius 3 is 2.20 bits per heavy atom. The number of carbonyl (C=O) groups is 2. The molecule has 6 heteroatoms. The lowest BCUT2D eigenvalue weighted by molar-refractivity contribution is -0.127. The quantitative estimate of drug-likeness (QED) is 0.837. The molecule has 2 amide bonds. The Kier molecular flexibility index (Phi) is 6.12. The SMILES string of the molecule is CN1CCC(NC(=O)C2CCN(C(=O)c3ccc(Br)cc3)CC2)CC1. The Morgan fingerprint density at radius 2 is 1.60 bits per heavy atom. The Balaban J connectivity index is 1.47. The third-order valence-electron chi connectivity index (χ3n) is 5.31. The van der Waals surface area contributed by atoms with E-state index in [4.69, 9.17) is 0 Å². The van der Waals surface area contributed by atoms with Crippen molar-refractivity contribution in [2.24, 2.45) is 5.92 Å². The smallest absolute Gasteiger partial charge is 0.253 e. The van der Waals surface area contributed by atoms with Gasteiger partial charge in [-0.2, -0.15) is 0 Å². The van der Waals surface area contributed by atoms with Gasteiger partial charge in [-0.3, -0.25) is 9.59 Å². The average Bonchev–Trinajstić information content (AvgIpc) is 2.64. The van der Waals surface area contributed by atoms with E-state index < -0.39 is 0 Å². The number of amides is 2. The van der Waals surface area contributed by atoms with Gasteiger partial charge in [-0.1, -0.05) is 15.9 Å². The highest BCUT2D eigenvalue weighted by molar-refractivity contribution is 9.10. The largest absolute Gasteiger partial charge is 0.353 e. The van der Waals surface area contributed by atoms with E-state index in [9.17, 15) is 9.59 Å². The summed E-state index contributed by atoms with van der Waals surface area (Å²) in [5.74, 6) is 0.264. The van der Waals surface area contributed by atoms with E-state index in [1.54, 1.807) is 0 Å². The number of likely N-dealkylation sites (tertiary alicyclic amines) is 2. The van der Waals surface area contributed by atoms with Gasteiger partial charge >= 0.3 is 0 Å². The molecule has 2 aliphatic rings. The molecule has 0 aromatic heterocycles. The van der Waals surface area contributed by atoms with Crippen molar-refractivity contribution >= 4 is 27.7 Å². The van der Waals surface area contributed by atoms with Gasteiger partial charge in [0.25, 0.3) is 5.91 Å². The molecular formula is C19H26BrN3O2. The van der Waals surface area contributed by atoms with Gasteiger partial charge < -0.3 is 15.1 Å². The van der Waals surface area contributed by atoms with Crippen LogP contribution in [0.15, 0.2) is 28.7 Å². The van der Waals surface area contributed by atoms with Gasteiger partial charge in [0.15, 0.2) is 0 Å². The lowest BCUT2D eigenvalue weighted by atomic mass is 9.94. The predicted molar refractivity (Wildman–Crippen MR) is 101 cm³/mol. The van der Waals surface area contributed by atoms with Crippen LogP contribution in [-0.2, 0) is 4.79 Å². The standard InChI is InChI=1S/C19H26BrN3O2/c1-22-10-8-17(9-11-22)21-18(24)14-6-12-23(13-7-14)19(25)15-2-4-16(20)5-3-15/h2-5,14,17H,6-13H2,1H3,(H,21,24). The Bertz CT molecular complexity index is 604. The Hall–Kier alpha value is -1.40. The molecule has 25 heavy (non-hydrogen) atoms. The second-order valence-corrected chi connectivity index (χ2v) is 8.08. The summed E-state index contributed by atoms with van der Waals surface area (Å²) in [6.07, 6.45) is 3.56. The fraction of sp³-hybridized carbons (Fsp3) is 0.579. The van der Waals surface area contributed by atoms with Crippen LogP contribution >= 0.6 is 15.9 Å². The monoisotopic (exact) mass is 407 g/mol. The summed E-state index contributed by atoms with van der Waals surface area (Å²) in [4.78, 5) is 29.2. The fourth-order valence-electron chi connectivity index (χ4n) is 3.59. The first kappa shape index (κ1) is 18.4. The summed E-state index contributed by atoms with van der Waals surface area (Å²) >= 11 is 3.39. The molecule has 0 atom stereocenters. The summed E-state index contributed by atoms with van der Waals surface area (Å²) in [6.45, 7) is 3.40. The summed E-state index contributed by atoms with van der Waals surface area (Å²) in [7, 11) is 2.12. The van der Waals surface area contributed by atoms with E-state index >= 15 is 0 Å². The van der Waals surface area contributed by atoms with Crippen LogP contribution in [0.4, 0.5) is 0 Å². The van der Waals surface area contributed by atoms with Gasteiger partial charge in [0.2, 0.25) is 5.91 Å². The van der Waals surface area contributed by atoms with Gasteiger partial charge in [0.1, 0.15) is 0 Å². The van der Waals surface area contributed by atoms with Crippen molar-refractivity contribution in [3.63, 3.8) is 0 Å². The highest BCUT2D eigenvalue weighted by Crippen LogP contribution is 2.21. The zero-order valence-corrected chi connectivity index (χ0v) is 16.3.